The van der Waals surface area contributed by atoms with Crippen LogP contribution in [0.4, 0.5) is 11.5 Å². The van der Waals surface area contributed by atoms with Gasteiger partial charge in [-0.15, -0.1) is 0 Å². The van der Waals surface area contributed by atoms with Gasteiger partial charge in [0.05, 0.1) is 22.3 Å². The van der Waals surface area contributed by atoms with Gasteiger partial charge in [-0.3, -0.25) is 9.78 Å². The summed E-state index contributed by atoms with van der Waals surface area (Å²) >= 11 is 0. The predicted molar refractivity (Wildman–Crippen MR) is 115 cm³/mol. The van der Waals surface area contributed by atoms with E-state index in [1.54, 1.807) is 6.20 Å². The standard InChI is InChI=1S/C23H22N6O/c24-12-16-14-26-19-7-2-1-5-18(19)21(16)28-8-10-29(11-9-28)23(30)20-17-6-3-4-15(17)13-27-22(20)25/h1-2,5,7,13-14H,3-4,6,8-11H2,(H2,25,27). The van der Waals surface area contributed by atoms with Crippen molar-refractivity contribution in [3.8, 4) is 6.07 Å². The lowest BCUT2D eigenvalue weighted by molar-refractivity contribution is 0.0746. The molecule has 0 bridgehead atoms. The smallest absolute Gasteiger partial charge is 0.258 e. The van der Waals surface area contributed by atoms with Gasteiger partial charge in [0, 0.05) is 44.0 Å². The molecule has 7 nitrogen and oxygen atoms in total. The lowest BCUT2D eigenvalue weighted by atomic mass is 10.0. The van der Waals surface area contributed by atoms with Gasteiger partial charge in [-0.1, -0.05) is 18.2 Å². The Bertz CT molecular complexity index is 1190. The van der Waals surface area contributed by atoms with Gasteiger partial charge in [0.15, 0.2) is 0 Å². The molecule has 1 saturated heterocycles. The topological polar surface area (TPSA) is 99.1 Å². The highest BCUT2D eigenvalue weighted by molar-refractivity contribution is 6.00. The number of nitrogens with zero attached hydrogens (tertiary/aromatic N) is 5. The number of carbonyl (C=O) groups is 1. The van der Waals surface area contributed by atoms with Crippen LogP contribution in [0.5, 0.6) is 0 Å². The van der Waals surface area contributed by atoms with E-state index in [1.165, 1.54) is 0 Å². The zero-order valence-corrected chi connectivity index (χ0v) is 16.6. The zero-order chi connectivity index (χ0) is 20.7. The summed E-state index contributed by atoms with van der Waals surface area (Å²) in [6.07, 6.45) is 6.33. The summed E-state index contributed by atoms with van der Waals surface area (Å²) in [6, 6.07) is 10.1. The number of hydrogen-bond acceptors (Lipinski definition) is 6. The van der Waals surface area contributed by atoms with Gasteiger partial charge in [-0.2, -0.15) is 5.26 Å². The number of para-hydroxylation sites is 1. The summed E-state index contributed by atoms with van der Waals surface area (Å²) in [5.74, 6) is 0.300. The number of aryl methyl sites for hydroxylation is 1. The van der Waals surface area contributed by atoms with Gasteiger partial charge in [0.25, 0.3) is 5.91 Å². The van der Waals surface area contributed by atoms with Gasteiger partial charge < -0.3 is 15.5 Å². The van der Waals surface area contributed by atoms with Crippen LogP contribution in [-0.2, 0) is 12.8 Å². The second kappa shape index (κ2) is 7.30. The predicted octanol–water partition coefficient (Wildman–Crippen LogP) is 2.53. The third-order valence-corrected chi connectivity index (χ3v) is 6.14. The van der Waals surface area contributed by atoms with Crippen LogP contribution in [0.3, 0.4) is 0 Å². The van der Waals surface area contributed by atoms with E-state index in [9.17, 15) is 10.1 Å². The summed E-state index contributed by atoms with van der Waals surface area (Å²) < 4.78 is 0. The zero-order valence-electron chi connectivity index (χ0n) is 16.6. The molecule has 1 amide bonds. The third-order valence-electron chi connectivity index (χ3n) is 6.14. The van der Waals surface area contributed by atoms with Crippen molar-refractivity contribution in [2.24, 2.45) is 0 Å². The average molecular weight is 398 g/mol. The normalized spacial score (nSPS) is 15.8. The van der Waals surface area contributed by atoms with Crippen molar-refractivity contribution < 1.29 is 4.79 Å². The molecule has 3 heterocycles. The van der Waals surface area contributed by atoms with Gasteiger partial charge in [-0.05, 0) is 36.5 Å². The number of piperazine rings is 1. The molecule has 7 heteroatoms. The Balaban J connectivity index is 1.41. The maximum absolute atomic E-state index is 13.3. The molecular formula is C23H22N6O. The average Bonchev–Trinajstić information content (AvgIpc) is 3.26. The number of fused-ring (bicyclic) bond motifs is 2. The molecule has 0 saturated carbocycles. The van der Waals surface area contributed by atoms with E-state index in [0.717, 1.165) is 47.0 Å². The summed E-state index contributed by atoms with van der Waals surface area (Å²) in [5, 5.41) is 10.6. The first-order chi connectivity index (χ1) is 14.7. The molecular weight excluding hydrogens is 376 g/mol. The Labute approximate surface area is 174 Å². The first-order valence-corrected chi connectivity index (χ1v) is 10.3. The molecule has 2 N–H and O–H groups in total. The van der Waals surface area contributed by atoms with Crippen LogP contribution >= 0.6 is 0 Å². The molecule has 1 aliphatic carbocycles. The number of amides is 1. The minimum absolute atomic E-state index is 0.0292. The minimum Gasteiger partial charge on any atom is -0.383 e. The molecule has 2 aliphatic rings. The molecule has 0 unspecified atom stereocenters. The Morgan fingerprint density at radius 3 is 2.67 bits per heavy atom. The molecule has 1 aromatic carbocycles. The third kappa shape index (κ3) is 2.92. The van der Waals surface area contributed by atoms with Gasteiger partial charge in [0.2, 0.25) is 0 Å². The lowest BCUT2D eigenvalue weighted by Gasteiger charge is -2.37. The number of aromatic nitrogens is 2. The molecule has 3 aromatic rings. The summed E-state index contributed by atoms with van der Waals surface area (Å²) in [5.41, 5.74) is 11.2. The van der Waals surface area contributed by atoms with Crippen LogP contribution in [0.2, 0.25) is 0 Å². The van der Waals surface area contributed by atoms with Crippen LogP contribution in [0.25, 0.3) is 10.9 Å². The van der Waals surface area contributed by atoms with E-state index in [0.29, 0.717) is 43.1 Å². The Hall–Kier alpha value is -3.66. The van der Waals surface area contributed by atoms with Crippen molar-refractivity contribution in [1.82, 2.24) is 14.9 Å². The number of rotatable bonds is 2. The highest BCUT2D eigenvalue weighted by Crippen LogP contribution is 2.32. The number of carbonyl (C=O) groups excluding carboxylic acids is 1. The number of pyridine rings is 2. The molecule has 30 heavy (non-hydrogen) atoms. The highest BCUT2D eigenvalue weighted by Gasteiger charge is 2.29. The molecule has 0 atom stereocenters. The molecule has 150 valence electrons. The van der Waals surface area contributed by atoms with Crippen LogP contribution in [0.15, 0.2) is 36.7 Å². The molecule has 0 radical (unpaired) electrons. The van der Waals surface area contributed by atoms with Crippen LogP contribution in [0.1, 0.15) is 33.5 Å². The quantitative estimate of drug-likeness (QED) is 0.712. The van der Waals surface area contributed by atoms with Crippen molar-refractivity contribution in [3.63, 3.8) is 0 Å². The van der Waals surface area contributed by atoms with E-state index in [1.807, 2.05) is 35.4 Å². The fourth-order valence-electron chi connectivity index (χ4n) is 4.64. The van der Waals surface area contributed by atoms with E-state index in [-0.39, 0.29) is 5.91 Å². The number of nitriles is 1. The van der Waals surface area contributed by atoms with Crippen LogP contribution in [0, 0.1) is 11.3 Å². The Kier molecular flexibility index (Phi) is 4.47. The summed E-state index contributed by atoms with van der Waals surface area (Å²) in [4.78, 5) is 26.0. The Morgan fingerprint density at radius 2 is 1.87 bits per heavy atom. The first kappa shape index (κ1) is 18.4. The number of benzene rings is 1. The van der Waals surface area contributed by atoms with E-state index >= 15 is 0 Å². The fraction of sp³-hybridized carbons (Fsp3) is 0.304. The fourth-order valence-corrected chi connectivity index (χ4v) is 4.64. The molecule has 0 spiro atoms. The van der Waals surface area contributed by atoms with E-state index < -0.39 is 0 Å². The maximum atomic E-state index is 13.3. The molecule has 1 fully saturated rings. The van der Waals surface area contributed by atoms with E-state index in [4.69, 9.17) is 5.73 Å². The number of nitrogen functional groups attached to an aromatic ring is 1. The monoisotopic (exact) mass is 398 g/mol. The van der Waals surface area contributed by atoms with Crippen molar-refractivity contribution >= 4 is 28.3 Å². The number of anilines is 2. The van der Waals surface area contributed by atoms with Crippen molar-refractivity contribution in [1.29, 1.82) is 5.26 Å². The lowest BCUT2D eigenvalue weighted by Crippen LogP contribution is -2.49. The molecule has 5 rings (SSSR count). The van der Waals surface area contributed by atoms with Crippen LogP contribution in [-0.4, -0.2) is 47.0 Å². The van der Waals surface area contributed by atoms with Crippen LogP contribution < -0.4 is 10.6 Å². The molecule has 2 aromatic heterocycles. The van der Waals surface area contributed by atoms with Crippen molar-refractivity contribution in [3.05, 3.63) is 58.9 Å². The van der Waals surface area contributed by atoms with Crippen molar-refractivity contribution in [2.45, 2.75) is 19.3 Å². The molecule has 1 aliphatic heterocycles. The van der Waals surface area contributed by atoms with Crippen molar-refractivity contribution in [2.75, 3.05) is 36.8 Å². The maximum Gasteiger partial charge on any atom is 0.258 e. The summed E-state index contributed by atoms with van der Waals surface area (Å²) in [7, 11) is 0. The first-order valence-electron chi connectivity index (χ1n) is 10.3. The van der Waals surface area contributed by atoms with E-state index in [2.05, 4.69) is 20.9 Å². The minimum atomic E-state index is -0.0292. The Morgan fingerprint density at radius 1 is 1.07 bits per heavy atom. The van der Waals surface area contributed by atoms with Gasteiger partial charge >= 0.3 is 0 Å². The second-order valence-corrected chi connectivity index (χ2v) is 7.80. The highest BCUT2D eigenvalue weighted by atomic mass is 16.2. The van der Waals surface area contributed by atoms with Gasteiger partial charge in [0.1, 0.15) is 11.9 Å². The van der Waals surface area contributed by atoms with Gasteiger partial charge in [-0.25, -0.2) is 4.98 Å². The summed E-state index contributed by atoms with van der Waals surface area (Å²) in [6.45, 7) is 2.44. The number of hydrogen-bond donors (Lipinski definition) is 1. The number of nitrogens with two attached hydrogens (primary N) is 1. The largest absolute Gasteiger partial charge is 0.383 e. The second-order valence-electron chi connectivity index (χ2n) is 7.80. The SMILES string of the molecule is N#Cc1cnc2ccccc2c1N1CCN(C(=O)c2c(N)ncc3c2CCC3)CC1.